The zero-order chi connectivity index (χ0) is 13.9. The molecule has 2 heterocycles. The van der Waals surface area contributed by atoms with Crippen LogP contribution in [0.4, 0.5) is 0 Å². The Labute approximate surface area is 140 Å². The van der Waals surface area contributed by atoms with E-state index in [0.717, 1.165) is 32.9 Å². The SMILES string of the molecule is Clc1nc(C2CSCCO2)nc(-c2ccccc2)c1I. The van der Waals surface area contributed by atoms with Crippen molar-refractivity contribution in [3.8, 4) is 11.3 Å². The molecule has 0 bridgehead atoms. The second-order valence-electron chi connectivity index (χ2n) is 4.34. The summed E-state index contributed by atoms with van der Waals surface area (Å²) in [5, 5.41) is 0.494. The van der Waals surface area contributed by atoms with Crippen LogP contribution in [0.3, 0.4) is 0 Å². The number of ether oxygens (including phenoxy) is 1. The molecule has 0 saturated carbocycles. The molecular weight excluding hydrogens is 407 g/mol. The van der Waals surface area contributed by atoms with E-state index in [-0.39, 0.29) is 6.10 Å². The highest BCUT2D eigenvalue weighted by Gasteiger charge is 2.22. The molecule has 0 radical (unpaired) electrons. The number of aromatic nitrogens is 2. The number of hydrogen-bond donors (Lipinski definition) is 0. The van der Waals surface area contributed by atoms with E-state index in [4.69, 9.17) is 16.3 Å². The van der Waals surface area contributed by atoms with Gasteiger partial charge < -0.3 is 4.74 Å². The molecule has 6 heteroatoms. The number of benzene rings is 1. The van der Waals surface area contributed by atoms with Gasteiger partial charge in [0, 0.05) is 17.1 Å². The van der Waals surface area contributed by atoms with Crippen LogP contribution in [-0.2, 0) is 4.74 Å². The van der Waals surface area contributed by atoms with Gasteiger partial charge in [-0.25, -0.2) is 9.97 Å². The normalized spacial score (nSPS) is 19.0. The lowest BCUT2D eigenvalue weighted by Crippen LogP contribution is -2.18. The molecule has 1 aromatic heterocycles. The Morgan fingerprint density at radius 3 is 2.75 bits per heavy atom. The summed E-state index contributed by atoms with van der Waals surface area (Å²) in [4.78, 5) is 9.08. The van der Waals surface area contributed by atoms with Crippen LogP contribution >= 0.6 is 46.0 Å². The summed E-state index contributed by atoms with van der Waals surface area (Å²) in [7, 11) is 0. The lowest BCUT2D eigenvalue weighted by atomic mass is 10.1. The quantitative estimate of drug-likeness (QED) is 0.541. The van der Waals surface area contributed by atoms with Crippen molar-refractivity contribution in [2.24, 2.45) is 0 Å². The number of halogens is 2. The molecule has 1 aliphatic heterocycles. The van der Waals surface area contributed by atoms with Crippen LogP contribution < -0.4 is 0 Å². The van der Waals surface area contributed by atoms with Crippen LogP contribution in [0.25, 0.3) is 11.3 Å². The molecule has 3 rings (SSSR count). The first kappa shape index (κ1) is 14.6. The summed E-state index contributed by atoms with van der Waals surface area (Å²) in [6.07, 6.45) is -0.0642. The van der Waals surface area contributed by atoms with E-state index in [0.29, 0.717) is 11.0 Å². The summed E-state index contributed by atoms with van der Waals surface area (Å²) in [5.41, 5.74) is 1.92. The minimum Gasteiger partial charge on any atom is -0.368 e. The number of hydrogen-bond acceptors (Lipinski definition) is 4. The van der Waals surface area contributed by atoms with Crippen LogP contribution in [0.2, 0.25) is 5.15 Å². The molecule has 104 valence electrons. The summed E-state index contributed by atoms with van der Waals surface area (Å²) in [5.74, 6) is 2.59. The molecule has 0 aliphatic carbocycles. The first-order chi connectivity index (χ1) is 9.75. The first-order valence-corrected chi connectivity index (χ1v) is 8.84. The molecule has 1 atom stereocenters. The monoisotopic (exact) mass is 418 g/mol. The third-order valence-electron chi connectivity index (χ3n) is 2.98. The van der Waals surface area contributed by atoms with Gasteiger partial charge in [-0.15, -0.1) is 0 Å². The maximum Gasteiger partial charge on any atom is 0.160 e. The Balaban J connectivity index is 2.03. The fourth-order valence-corrected chi connectivity index (χ4v) is 3.57. The molecule has 3 nitrogen and oxygen atoms in total. The van der Waals surface area contributed by atoms with Crippen LogP contribution in [0.5, 0.6) is 0 Å². The molecule has 1 aromatic carbocycles. The molecule has 2 aromatic rings. The third-order valence-corrected chi connectivity index (χ3v) is 5.59. The predicted octanol–water partition coefficient (Wildman–Crippen LogP) is 4.21. The Morgan fingerprint density at radius 2 is 2.05 bits per heavy atom. The highest BCUT2D eigenvalue weighted by molar-refractivity contribution is 14.1. The highest BCUT2D eigenvalue weighted by atomic mass is 127. The van der Waals surface area contributed by atoms with Crippen molar-refractivity contribution >= 4 is 46.0 Å². The summed E-state index contributed by atoms with van der Waals surface area (Å²) in [6, 6.07) is 10.0. The van der Waals surface area contributed by atoms with E-state index in [2.05, 4.69) is 32.6 Å². The lowest BCUT2D eigenvalue weighted by Gasteiger charge is -2.21. The predicted molar refractivity (Wildman–Crippen MR) is 91.2 cm³/mol. The Kier molecular flexibility index (Phi) is 4.80. The van der Waals surface area contributed by atoms with Gasteiger partial charge in [-0.2, -0.15) is 11.8 Å². The molecule has 1 aliphatic rings. The van der Waals surface area contributed by atoms with Crippen molar-refractivity contribution in [3.05, 3.63) is 44.9 Å². The second-order valence-corrected chi connectivity index (χ2v) is 6.92. The summed E-state index contributed by atoms with van der Waals surface area (Å²) < 4.78 is 6.62. The molecule has 0 N–H and O–H groups in total. The van der Waals surface area contributed by atoms with Crippen molar-refractivity contribution in [1.29, 1.82) is 0 Å². The lowest BCUT2D eigenvalue weighted by molar-refractivity contribution is 0.0695. The highest BCUT2D eigenvalue weighted by Crippen LogP contribution is 2.31. The number of rotatable bonds is 2. The van der Waals surface area contributed by atoms with Gasteiger partial charge in [-0.05, 0) is 22.6 Å². The van der Waals surface area contributed by atoms with Gasteiger partial charge in [-0.3, -0.25) is 0 Å². The van der Waals surface area contributed by atoms with Crippen molar-refractivity contribution in [2.45, 2.75) is 6.10 Å². The number of thioether (sulfide) groups is 1. The van der Waals surface area contributed by atoms with Gasteiger partial charge >= 0.3 is 0 Å². The van der Waals surface area contributed by atoms with Crippen molar-refractivity contribution in [1.82, 2.24) is 9.97 Å². The fourth-order valence-electron chi connectivity index (χ4n) is 2.00. The first-order valence-electron chi connectivity index (χ1n) is 6.23. The van der Waals surface area contributed by atoms with E-state index in [9.17, 15) is 0 Å². The largest absolute Gasteiger partial charge is 0.368 e. The van der Waals surface area contributed by atoms with Gasteiger partial charge in [0.1, 0.15) is 11.3 Å². The average molecular weight is 419 g/mol. The third kappa shape index (κ3) is 3.10. The van der Waals surface area contributed by atoms with Crippen LogP contribution in [-0.4, -0.2) is 28.1 Å². The van der Waals surface area contributed by atoms with Crippen molar-refractivity contribution in [3.63, 3.8) is 0 Å². The molecule has 20 heavy (non-hydrogen) atoms. The van der Waals surface area contributed by atoms with Crippen molar-refractivity contribution in [2.75, 3.05) is 18.1 Å². The number of nitrogens with zero attached hydrogens (tertiary/aromatic N) is 2. The van der Waals surface area contributed by atoms with E-state index >= 15 is 0 Å². The molecule has 1 unspecified atom stereocenters. The standard InChI is InChI=1S/C14H12ClIN2OS/c15-13-11(16)12(9-4-2-1-3-5-9)17-14(18-13)10-8-20-7-6-19-10/h1-5,10H,6-8H2. The van der Waals surface area contributed by atoms with E-state index < -0.39 is 0 Å². The van der Waals surface area contributed by atoms with Crippen LogP contribution in [0, 0.1) is 3.57 Å². The minimum absolute atomic E-state index is 0.0642. The Hall–Kier alpha value is -0.370. The fraction of sp³-hybridized carbons (Fsp3) is 0.286. The van der Waals surface area contributed by atoms with E-state index in [1.807, 2.05) is 42.1 Å². The van der Waals surface area contributed by atoms with Crippen LogP contribution in [0.1, 0.15) is 11.9 Å². The minimum atomic E-state index is -0.0642. The van der Waals surface area contributed by atoms with E-state index in [1.54, 1.807) is 0 Å². The Morgan fingerprint density at radius 1 is 1.25 bits per heavy atom. The molecular formula is C14H12ClIN2OS. The van der Waals surface area contributed by atoms with Crippen molar-refractivity contribution < 1.29 is 4.74 Å². The molecule has 1 fully saturated rings. The maximum atomic E-state index is 6.27. The maximum absolute atomic E-state index is 6.27. The summed E-state index contributed by atoms with van der Waals surface area (Å²) >= 11 is 10.3. The molecule has 1 saturated heterocycles. The van der Waals surface area contributed by atoms with E-state index in [1.165, 1.54) is 0 Å². The smallest absolute Gasteiger partial charge is 0.160 e. The summed E-state index contributed by atoms with van der Waals surface area (Å²) in [6.45, 7) is 0.739. The zero-order valence-electron chi connectivity index (χ0n) is 10.6. The molecule has 0 spiro atoms. The average Bonchev–Trinajstić information content (AvgIpc) is 2.51. The van der Waals surface area contributed by atoms with Gasteiger partial charge in [0.15, 0.2) is 5.82 Å². The van der Waals surface area contributed by atoms with Gasteiger partial charge in [0.25, 0.3) is 0 Å². The second kappa shape index (κ2) is 6.60. The molecule has 0 amide bonds. The Bertz CT molecular complexity index is 606. The topological polar surface area (TPSA) is 35.0 Å². The van der Waals surface area contributed by atoms with Gasteiger partial charge in [0.2, 0.25) is 0 Å². The van der Waals surface area contributed by atoms with Gasteiger partial charge in [0.05, 0.1) is 15.9 Å². The zero-order valence-corrected chi connectivity index (χ0v) is 14.3. The van der Waals surface area contributed by atoms with Gasteiger partial charge in [-0.1, -0.05) is 41.9 Å². The van der Waals surface area contributed by atoms with Crippen LogP contribution in [0.15, 0.2) is 30.3 Å².